The van der Waals surface area contributed by atoms with Gasteiger partial charge in [-0.2, -0.15) is 0 Å². The van der Waals surface area contributed by atoms with E-state index in [9.17, 15) is 14.4 Å². The Labute approximate surface area is 203 Å². The summed E-state index contributed by atoms with van der Waals surface area (Å²) in [6, 6.07) is 6.27. The molecule has 3 saturated heterocycles. The minimum atomic E-state index is -0.641. The van der Waals surface area contributed by atoms with Gasteiger partial charge >= 0.3 is 5.97 Å². The summed E-state index contributed by atoms with van der Waals surface area (Å²) in [5.41, 5.74) is 0.624. The van der Waals surface area contributed by atoms with Crippen molar-refractivity contribution in [1.29, 1.82) is 0 Å². The van der Waals surface area contributed by atoms with Crippen LogP contribution < -0.4 is 5.32 Å². The molecule has 1 aromatic carbocycles. The molecule has 4 rings (SSSR count). The maximum absolute atomic E-state index is 13.7. The fraction of sp³-hybridized carbons (Fsp3) is 0.625. The molecule has 1 spiro atoms. The van der Waals surface area contributed by atoms with E-state index in [1.807, 2.05) is 0 Å². The number of carbonyl (C=O) groups is 3. The number of aliphatic hydroxyl groups excluding tert-OH is 1. The summed E-state index contributed by atoms with van der Waals surface area (Å²) in [6.45, 7) is 2.66. The number of carbonyl (C=O) groups excluding carboxylic acids is 3. The number of likely N-dealkylation sites (tertiary alicyclic amines) is 1. The van der Waals surface area contributed by atoms with Crippen molar-refractivity contribution in [2.24, 2.45) is 11.8 Å². The van der Waals surface area contributed by atoms with Gasteiger partial charge in [-0.05, 0) is 56.9 Å². The lowest BCUT2D eigenvalue weighted by Gasteiger charge is -2.34. The van der Waals surface area contributed by atoms with E-state index in [0.717, 1.165) is 38.5 Å². The van der Waals surface area contributed by atoms with E-state index in [4.69, 9.17) is 21.4 Å². The van der Waals surface area contributed by atoms with Gasteiger partial charge in [-0.15, -0.1) is 11.8 Å². The maximum atomic E-state index is 13.7. The highest BCUT2D eigenvalue weighted by Crippen LogP contribution is 2.66. The highest BCUT2D eigenvalue weighted by atomic mass is 35.5. The lowest BCUT2D eigenvalue weighted by Crippen LogP contribution is -2.51. The highest BCUT2D eigenvalue weighted by Gasteiger charge is 2.73. The number of nitrogens with one attached hydrogen (secondary N) is 1. The number of thioether (sulfide) groups is 1. The van der Waals surface area contributed by atoms with E-state index in [1.165, 1.54) is 0 Å². The molecular formula is C24H31ClN2O5S. The van der Waals surface area contributed by atoms with Crippen LogP contribution in [0.4, 0.5) is 5.69 Å². The molecule has 0 aromatic heterocycles. The minimum absolute atomic E-state index is 0.00976. The first-order chi connectivity index (χ1) is 15.9. The van der Waals surface area contributed by atoms with Crippen molar-refractivity contribution in [3.8, 4) is 0 Å². The first-order valence-corrected chi connectivity index (χ1v) is 13.0. The second-order valence-electron chi connectivity index (χ2n) is 8.97. The SMILES string of the molecule is CCOC(=O)[C@@H]1[C@@H]2CCC3(S2)C(C(=O)Nc2ccc(Cl)cc2)N(CCCCCCO)C(=O)[C@H]13. The van der Waals surface area contributed by atoms with Gasteiger partial charge in [0, 0.05) is 29.1 Å². The molecule has 5 atom stereocenters. The summed E-state index contributed by atoms with van der Waals surface area (Å²) >= 11 is 7.61. The number of amides is 2. The Kier molecular flexibility index (Phi) is 7.56. The molecule has 0 aliphatic carbocycles. The standard InChI is InChI=1S/C24H31ClN2O5S/c1-2-32-23(31)18-17-11-12-24(33-17)19(18)22(30)27(13-5-3-4-6-14-28)20(24)21(29)26-16-9-7-15(25)8-10-16/h7-10,17-20,28H,2-6,11-14H2,1H3,(H,26,29)/t17-,18+,19-,20?,24?/m0/s1. The van der Waals surface area contributed by atoms with Crippen LogP contribution >= 0.6 is 23.4 Å². The van der Waals surface area contributed by atoms with Crippen LogP contribution in [0.15, 0.2) is 24.3 Å². The zero-order chi connectivity index (χ0) is 23.6. The van der Waals surface area contributed by atoms with Crippen molar-refractivity contribution in [1.82, 2.24) is 4.90 Å². The number of halogens is 1. The zero-order valence-electron chi connectivity index (χ0n) is 18.8. The number of benzene rings is 1. The number of nitrogens with zero attached hydrogens (tertiary/aromatic N) is 1. The van der Waals surface area contributed by atoms with E-state index in [-0.39, 0.29) is 36.2 Å². The van der Waals surface area contributed by atoms with Crippen molar-refractivity contribution in [3.63, 3.8) is 0 Å². The van der Waals surface area contributed by atoms with Crippen molar-refractivity contribution in [2.45, 2.75) is 61.5 Å². The fourth-order valence-corrected chi connectivity index (χ4v) is 8.02. The van der Waals surface area contributed by atoms with E-state index in [0.29, 0.717) is 17.3 Å². The summed E-state index contributed by atoms with van der Waals surface area (Å²) < 4.78 is 4.72. The molecule has 2 amide bonds. The van der Waals surface area contributed by atoms with E-state index in [1.54, 1.807) is 47.9 Å². The van der Waals surface area contributed by atoms with Gasteiger partial charge in [-0.1, -0.05) is 24.4 Å². The van der Waals surface area contributed by atoms with Crippen LogP contribution in [0.2, 0.25) is 5.02 Å². The Morgan fingerprint density at radius 3 is 2.67 bits per heavy atom. The third-order valence-electron chi connectivity index (χ3n) is 7.03. The van der Waals surface area contributed by atoms with Crippen LogP contribution in [0.25, 0.3) is 0 Å². The highest BCUT2D eigenvalue weighted by molar-refractivity contribution is 8.02. The van der Waals surface area contributed by atoms with E-state index in [2.05, 4.69) is 5.32 Å². The lowest BCUT2D eigenvalue weighted by atomic mass is 9.71. The lowest BCUT2D eigenvalue weighted by molar-refractivity contribution is -0.153. The molecule has 0 saturated carbocycles. The molecule has 2 bridgehead atoms. The number of hydrogen-bond donors (Lipinski definition) is 2. The molecule has 1 aromatic rings. The molecule has 7 nitrogen and oxygen atoms in total. The topological polar surface area (TPSA) is 95.9 Å². The Bertz CT molecular complexity index is 897. The largest absolute Gasteiger partial charge is 0.466 e. The summed E-state index contributed by atoms with van der Waals surface area (Å²) in [5.74, 6) is -1.68. The average Bonchev–Trinajstić information content (AvgIpc) is 3.43. The van der Waals surface area contributed by atoms with Gasteiger partial charge in [0.15, 0.2) is 0 Å². The number of anilines is 1. The normalized spacial score (nSPS) is 29.9. The molecule has 180 valence electrons. The average molecular weight is 495 g/mol. The Morgan fingerprint density at radius 1 is 1.24 bits per heavy atom. The second-order valence-corrected chi connectivity index (χ2v) is 11.0. The van der Waals surface area contributed by atoms with Crippen LogP contribution in [0, 0.1) is 11.8 Å². The fourth-order valence-electron chi connectivity index (χ4n) is 5.69. The summed E-state index contributed by atoms with van der Waals surface area (Å²) in [7, 11) is 0. The number of ether oxygens (including phenoxy) is 1. The summed E-state index contributed by atoms with van der Waals surface area (Å²) in [4.78, 5) is 41.8. The van der Waals surface area contributed by atoms with Gasteiger partial charge in [0.1, 0.15) is 6.04 Å². The predicted octanol–water partition coefficient (Wildman–Crippen LogP) is 3.49. The Balaban J connectivity index is 1.60. The maximum Gasteiger partial charge on any atom is 0.310 e. The summed E-state index contributed by atoms with van der Waals surface area (Å²) in [5, 5.41) is 12.6. The first-order valence-electron chi connectivity index (χ1n) is 11.7. The predicted molar refractivity (Wildman–Crippen MR) is 128 cm³/mol. The molecule has 3 aliphatic rings. The van der Waals surface area contributed by atoms with Crippen molar-refractivity contribution >= 4 is 46.8 Å². The van der Waals surface area contributed by atoms with Crippen LogP contribution in [-0.4, -0.2) is 63.6 Å². The second kappa shape index (κ2) is 10.2. The molecule has 0 radical (unpaired) electrons. The molecule has 3 fully saturated rings. The van der Waals surface area contributed by atoms with Gasteiger partial charge in [0.2, 0.25) is 11.8 Å². The van der Waals surface area contributed by atoms with Crippen LogP contribution in [0.5, 0.6) is 0 Å². The van der Waals surface area contributed by atoms with E-state index < -0.39 is 22.6 Å². The van der Waals surface area contributed by atoms with Crippen molar-refractivity contribution in [3.05, 3.63) is 29.3 Å². The van der Waals surface area contributed by atoms with Crippen LogP contribution in [0.1, 0.15) is 45.4 Å². The van der Waals surface area contributed by atoms with Gasteiger partial charge in [-0.3, -0.25) is 14.4 Å². The van der Waals surface area contributed by atoms with Crippen LogP contribution in [-0.2, 0) is 19.1 Å². The number of aliphatic hydroxyl groups is 1. The van der Waals surface area contributed by atoms with Gasteiger partial charge < -0.3 is 20.1 Å². The number of esters is 1. The zero-order valence-corrected chi connectivity index (χ0v) is 20.4. The Hall–Kier alpha value is -1.77. The molecule has 9 heteroatoms. The number of fused-ring (bicyclic) bond motifs is 1. The molecule has 2 N–H and O–H groups in total. The quantitative estimate of drug-likeness (QED) is 0.382. The monoisotopic (exact) mass is 494 g/mol. The molecule has 33 heavy (non-hydrogen) atoms. The Morgan fingerprint density at radius 2 is 1.97 bits per heavy atom. The molecule has 2 unspecified atom stereocenters. The van der Waals surface area contributed by atoms with Crippen molar-refractivity contribution in [2.75, 3.05) is 25.1 Å². The summed E-state index contributed by atoms with van der Waals surface area (Å²) in [6.07, 6.45) is 4.74. The smallest absolute Gasteiger partial charge is 0.310 e. The number of rotatable bonds is 10. The molecule has 3 heterocycles. The van der Waals surface area contributed by atoms with E-state index >= 15 is 0 Å². The third-order valence-corrected chi connectivity index (χ3v) is 9.23. The first kappa shape index (κ1) is 24.4. The molecule has 3 aliphatic heterocycles. The van der Waals surface area contributed by atoms with Gasteiger partial charge in [-0.25, -0.2) is 0 Å². The minimum Gasteiger partial charge on any atom is -0.466 e. The number of hydrogen-bond acceptors (Lipinski definition) is 6. The van der Waals surface area contributed by atoms with Gasteiger partial charge in [0.25, 0.3) is 0 Å². The van der Waals surface area contributed by atoms with Gasteiger partial charge in [0.05, 0.1) is 23.2 Å². The molecular weight excluding hydrogens is 464 g/mol. The van der Waals surface area contributed by atoms with Crippen molar-refractivity contribution < 1.29 is 24.2 Å². The van der Waals surface area contributed by atoms with Crippen LogP contribution in [0.3, 0.4) is 0 Å². The number of unbranched alkanes of at least 4 members (excludes halogenated alkanes) is 3. The third kappa shape index (κ3) is 4.49.